The Kier molecular flexibility index (Phi) is 3.04. The lowest BCUT2D eigenvalue weighted by atomic mass is 10.2. The zero-order chi connectivity index (χ0) is 14.9. The average molecular weight is 293 g/mol. The number of carbonyl (C=O) groups excluding carboxylic acids is 1. The first-order valence-electron chi connectivity index (χ1n) is 7.31. The SMILES string of the molecule is O=C1CCCN1c1cc(Oc2ccc3[nH]ccc3c2)ccn1. The monoisotopic (exact) mass is 293 g/mol. The maximum atomic E-state index is 11.8. The van der Waals surface area contributed by atoms with Gasteiger partial charge in [-0.15, -0.1) is 0 Å². The molecule has 1 amide bonds. The lowest BCUT2D eigenvalue weighted by Gasteiger charge is -2.15. The van der Waals surface area contributed by atoms with Gasteiger partial charge in [-0.3, -0.25) is 9.69 Å². The fourth-order valence-electron chi connectivity index (χ4n) is 2.73. The number of fused-ring (bicyclic) bond motifs is 1. The first-order valence-corrected chi connectivity index (χ1v) is 7.31. The molecule has 1 N–H and O–H groups in total. The van der Waals surface area contributed by atoms with Crippen LogP contribution in [-0.4, -0.2) is 22.4 Å². The van der Waals surface area contributed by atoms with Crippen LogP contribution in [0.25, 0.3) is 10.9 Å². The van der Waals surface area contributed by atoms with Crippen LogP contribution in [0.2, 0.25) is 0 Å². The molecule has 0 atom stereocenters. The van der Waals surface area contributed by atoms with Crippen LogP contribution < -0.4 is 9.64 Å². The van der Waals surface area contributed by atoms with E-state index in [0.717, 1.165) is 29.6 Å². The van der Waals surface area contributed by atoms with E-state index >= 15 is 0 Å². The minimum Gasteiger partial charge on any atom is -0.457 e. The molecule has 22 heavy (non-hydrogen) atoms. The first kappa shape index (κ1) is 12.9. The molecule has 0 saturated carbocycles. The quantitative estimate of drug-likeness (QED) is 0.804. The molecule has 5 heteroatoms. The predicted octanol–water partition coefficient (Wildman–Crippen LogP) is 3.48. The number of ether oxygens (including phenoxy) is 1. The Bertz CT molecular complexity index is 841. The van der Waals surface area contributed by atoms with Crippen molar-refractivity contribution in [3.05, 3.63) is 48.8 Å². The minimum atomic E-state index is 0.124. The lowest BCUT2D eigenvalue weighted by Crippen LogP contribution is -2.24. The molecule has 3 heterocycles. The highest BCUT2D eigenvalue weighted by molar-refractivity contribution is 5.94. The van der Waals surface area contributed by atoms with Gasteiger partial charge in [0.1, 0.15) is 17.3 Å². The summed E-state index contributed by atoms with van der Waals surface area (Å²) in [5.41, 5.74) is 1.07. The molecule has 0 bridgehead atoms. The Hall–Kier alpha value is -2.82. The van der Waals surface area contributed by atoms with Crippen LogP contribution in [-0.2, 0) is 4.79 Å². The number of aromatic amines is 1. The lowest BCUT2D eigenvalue weighted by molar-refractivity contribution is -0.117. The van der Waals surface area contributed by atoms with E-state index in [2.05, 4.69) is 9.97 Å². The van der Waals surface area contributed by atoms with E-state index < -0.39 is 0 Å². The number of benzene rings is 1. The highest BCUT2D eigenvalue weighted by Gasteiger charge is 2.22. The number of hydrogen-bond donors (Lipinski definition) is 1. The van der Waals surface area contributed by atoms with Gasteiger partial charge in [0.2, 0.25) is 5.91 Å². The van der Waals surface area contributed by atoms with E-state index in [1.54, 1.807) is 17.2 Å². The molecule has 0 aliphatic carbocycles. The Morgan fingerprint density at radius 3 is 2.91 bits per heavy atom. The van der Waals surface area contributed by atoms with E-state index in [-0.39, 0.29) is 5.91 Å². The van der Waals surface area contributed by atoms with E-state index in [4.69, 9.17) is 4.74 Å². The third-order valence-corrected chi connectivity index (χ3v) is 3.83. The summed E-state index contributed by atoms with van der Waals surface area (Å²) >= 11 is 0. The number of rotatable bonds is 3. The van der Waals surface area contributed by atoms with Crippen molar-refractivity contribution in [2.24, 2.45) is 0 Å². The largest absolute Gasteiger partial charge is 0.457 e. The van der Waals surface area contributed by atoms with Crippen LogP contribution in [0, 0.1) is 0 Å². The molecule has 3 aromatic rings. The Balaban J connectivity index is 1.61. The number of nitrogens with one attached hydrogen (secondary N) is 1. The molecule has 110 valence electrons. The van der Waals surface area contributed by atoms with Gasteiger partial charge in [0.15, 0.2) is 0 Å². The fraction of sp³-hybridized carbons (Fsp3) is 0.176. The van der Waals surface area contributed by atoms with Crippen molar-refractivity contribution in [3.63, 3.8) is 0 Å². The number of carbonyl (C=O) groups is 1. The third-order valence-electron chi connectivity index (χ3n) is 3.83. The van der Waals surface area contributed by atoms with Crippen LogP contribution in [0.4, 0.5) is 5.82 Å². The second-order valence-electron chi connectivity index (χ2n) is 5.33. The van der Waals surface area contributed by atoms with Crippen molar-refractivity contribution in [1.29, 1.82) is 0 Å². The van der Waals surface area contributed by atoms with Gasteiger partial charge in [0.25, 0.3) is 0 Å². The van der Waals surface area contributed by atoms with Crippen LogP contribution in [0.5, 0.6) is 11.5 Å². The summed E-state index contributed by atoms with van der Waals surface area (Å²) < 4.78 is 5.90. The molecule has 0 radical (unpaired) electrons. The van der Waals surface area contributed by atoms with Crippen LogP contribution >= 0.6 is 0 Å². The van der Waals surface area contributed by atoms with Crippen LogP contribution in [0.15, 0.2) is 48.8 Å². The fourth-order valence-corrected chi connectivity index (χ4v) is 2.73. The second kappa shape index (κ2) is 5.18. The smallest absolute Gasteiger partial charge is 0.228 e. The number of nitrogens with zero attached hydrogens (tertiary/aromatic N) is 2. The number of aromatic nitrogens is 2. The molecule has 1 aliphatic rings. The molecule has 4 rings (SSSR count). The third kappa shape index (κ3) is 2.30. The van der Waals surface area contributed by atoms with Crippen molar-refractivity contribution in [1.82, 2.24) is 9.97 Å². The van der Waals surface area contributed by atoms with E-state index in [9.17, 15) is 4.79 Å². The molecule has 0 spiro atoms. The van der Waals surface area contributed by atoms with Gasteiger partial charge in [-0.2, -0.15) is 0 Å². The summed E-state index contributed by atoms with van der Waals surface area (Å²) in [5.74, 6) is 2.22. The summed E-state index contributed by atoms with van der Waals surface area (Å²) in [4.78, 5) is 20.9. The van der Waals surface area contributed by atoms with Gasteiger partial charge >= 0.3 is 0 Å². The van der Waals surface area contributed by atoms with Crippen molar-refractivity contribution in [2.45, 2.75) is 12.8 Å². The highest BCUT2D eigenvalue weighted by Crippen LogP contribution is 2.28. The predicted molar refractivity (Wildman–Crippen MR) is 84.2 cm³/mol. The van der Waals surface area contributed by atoms with Gasteiger partial charge in [-0.25, -0.2) is 4.98 Å². The average Bonchev–Trinajstić information content (AvgIpc) is 3.15. The number of H-pyrrole nitrogens is 1. The summed E-state index contributed by atoms with van der Waals surface area (Å²) in [6.07, 6.45) is 5.05. The molecule has 0 unspecified atom stereocenters. The number of hydrogen-bond acceptors (Lipinski definition) is 3. The molecular weight excluding hydrogens is 278 g/mol. The number of anilines is 1. The summed E-state index contributed by atoms with van der Waals surface area (Å²) in [6, 6.07) is 11.5. The molecule has 1 saturated heterocycles. The Labute approximate surface area is 127 Å². The molecule has 1 aromatic carbocycles. The standard InChI is InChI=1S/C17H15N3O2/c21-17-2-1-9-20(17)16-11-14(6-8-19-16)22-13-3-4-15-12(10-13)5-7-18-15/h3-8,10-11,18H,1-2,9H2. The normalized spacial score (nSPS) is 14.7. The number of amides is 1. The van der Waals surface area contributed by atoms with Gasteiger partial charge in [0.05, 0.1) is 0 Å². The van der Waals surface area contributed by atoms with E-state index in [1.165, 1.54) is 0 Å². The maximum absolute atomic E-state index is 11.8. The molecule has 5 nitrogen and oxygen atoms in total. The Morgan fingerprint density at radius 2 is 2.05 bits per heavy atom. The molecule has 1 fully saturated rings. The molecular formula is C17H15N3O2. The van der Waals surface area contributed by atoms with Crippen molar-refractivity contribution in [2.75, 3.05) is 11.4 Å². The first-order chi connectivity index (χ1) is 10.8. The van der Waals surface area contributed by atoms with Crippen molar-refractivity contribution < 1.29 is 9.53 Å². The highest BCUT2D eigenvalue weighted by atomic mass is 16.5. The van der Waals surface area contributed by atoms with Crippen molar-refractivity contribution >= 4 is 22.6 Å². The Morgan fingerprint density at radius 1 is 1.14 bits per heavy atom. The van der Waals surface area contributed by atoms with Gasteiger partial charge in [0, 0.05) is 42.3 Å². The van der Waals surface area contributed by atoms with Crippen molar-refractivity contribution in [3.8, 4) is 11.5 Å². The second-order valence-corrected chi connectivity index (χ2v) is 5.33. The number of pyridine rings is 1. The van der Waals surface area contributed by atoms with Gasteiger partial charge in [-0.1, -0.05) is 0 Å². The van der Waals surface area contributed by atoms with E-state index in [1.807, 2.05) is 36.5 Å². The minimum absolute atomic E-state index is 0.124. The summed E-state index contributed by atoms with van der Waals surface area (Å²) in [6.45, 7) is 0.727. The van der Waals surface area contributed by atoms with E-state index in [0.29, 0.717) is 18.0 Å². The topological polar surface area (TPSA) is 58.2 Å². The zero-order valence-corrected chi connectivity index (χ0v) is 12.0. The summed E-state index contributed by atoms with van der Waals surface area (Å²) in [7, 11) is 0. The maximum Gasteiger partial charge on any atom is 0.228 e. The zero-order valence-electron chi connectivity index (χ0n) is 12.0. The van der Waals surface area contributed by atoms with Gasteiger partial charge < -0.3 is 9.72 Å². The van der Waals surface area contributed by atoms with Gasteiger partial charge in [-0.05, 0) is 36.8 Å². The van der Waals surface area contributed by atoms with Crippen LogP contribution in [0.3, 0.4) is 0 Å². The van der Waals surface area contributed by atoms with Crippen LogP contribution in [0.1, 0.15) is 12.8 Å². The molecule has 2 aromatic heterocycles. The molecule has 1 aliphatic heterocycles. The summed E-state index contributed by atoms with van der Waals surface area (Å²) in [5, 5.41) is 1.10.